The van der Waals surface area contributed by atoms with Gasteiger partial charge in [0.05, 0.1) is 0 Å². The van der Waals surface area contributed by atoms with Crippen LogP contribution in [0.25, 0.3) is 0 Å². The van der Waals surface area contributed by atoms with E-state index in [4.69, 9.17) is 0 Å². The molecule has 0 saturated carbocycles. The van der Waals surface area contributed by atoms with Gasteiger partial charge in [0, 0.05) is 36.3 Å². The highest BCUT2D eigenvalue weighted by Crippen LogP contribution is 2.14. The second-order valence-corrected chi connectivity index (χ2v) is 5.85. The smallest absolute Gasteiger partial charge is 0.423 e. The highest BCUT2D eigenvalue weighted by atomic mass is 127. The van der Waals surface area contributed by atoms with Gasteiger partial charge in [-0.25, -0.2) is 0 Å². The van der Waals surface area contributed by atoms with Gasteiger partial charge < -0.3 is 15.4 Å². The number of piperazine rings is 1. The molecule has 0 amide bonds. The van der Waals surface area contributed by atoms with E-state index < -0.39 is 7.12 Å². The molecule has 1 saturated heterocycles. The summed E-state index contributed by atoms with van der Waals surface area (Å²) in [6.45, 7) is 6.93. The number of hydrogen-bond donors (Lipinski definition) is 3. The van der Waals surface area contributed by atoms with Crippen LogP contribution in [0.15, 0.2) is 12.1 Å². The number of benzene rings is 1. The van der Waals surface area contributed by atoms with Crippen molar-refractivity contribution in [3.8, 4) is 0 Å². The highest BCUT2D eigenvalue weighted by molar-refractivity contribution is 14.1. The zero-order chi connectivity index (χ0) is 13.1. The highest BCUT2D eigenvalue weighted by Gasteiger charge is 2.18. The fourth-order valence-electron chi connectivity index (χ4n) is 2.25. The van der Waals surface area contributed by atoms with Crippen molar-refractivity contribution in [2.24, 2.45) is 0 Å². The van der Waals surface area contributed by atoms with Gasteiger partial charge in [0.2, 0.25) is 0 Å². The average molecular weight is 360 g/mol. The molecular weight excluding hydrogens is 342 g/mol. The molecule has 0 spiro atoms. The van der Waals surface area contributed by atoms with E-state index in [0.717, 1.165) is 47.4 Å². The first-order valence-corrected chi connectivity index (χ1v) is 7.24. The van der Waals surface area contributed by atoms with Gasteiger partial charge in [-0.2, -0.15) is 0 Å². The fourth-order valence-corrected chi connectivity index (χ4v) is 2.96. The molecule has 0 unspecified atom stereocenters. The summed E-state index contributed by atoms with van der Waals surface area (Å²) in [5.74, 6) is 0. The molecule has 0 aliphatic carbocycles. The molecular formula is C12H18BIN2O2. The molecule has 0 atom stereocenters. The summed E-state index contributed by atoms with van der Waals surface area (Å²) < 4.78 is 1.09. The molecule has 1 aliphatic rings. The van der Waals surface area contributed by atoms with E-state index in [0.29, 0.717) is 5.46 Å². The van der Waals surface area contributed by atoms with E-state index in [1.54, 1.807) is 0 Å². The number of nitrogens with zero attached hydrogens (tertiary/aromatic N) is 1. The Morgan fingerprint density at radius 2 is 2.00 bits per heavy atom. The lowest BCUT2D eigenvalue weighted by molar-refractivity contribution is 0.233. The molecule has 1 fully saturated rings. The monoisotopic (exact) mass is 360 g/mol. The molecule has 3 N–H and O–H groups in total. The molecule has 1 aliphatic heterocycles. The molecule has 0 bridgehead atoms. The summed E-state index contributed by atoms with van der Waals surface area (Å²) in [4.78, 5) is 2.38. The van der Waals surface area contributed by atoms with Crippen molar-refractivity contribution in [1.29, 1.82) is 0 Å². The SMILES string of the molecule is Cc1c(I)cc(CN2CCNCC2)cc1B(O)O. The van der Waals surface area contributed by atoms with Crippen LogP contribution >= 0.6 is 22.6 Å². The van der Waals surface area contributed by atoms with Crippen LogP contribution in [0.5, 0.6) is 0 Å². The third-order valence-corrected chi connectivity index (χ3v) is 4.46. The van der Waals surface area contributed by atoms with Crippen molar-refractivity contribution in [1.82, 2.24) is 10.2 Å². The Morgan fingerprint density at radius 1 is 1.33 bits per heavy atom. The summed E-state index contributed by atoms with van der Waals surface area (Å²) in [5, 5.41) is 22.1. The predicted octanol–water partition coefficient (Wildman–Crippen LogP) is -0.315. The van der Waals surface area contributed by atoms with E-state index in [2.05, 4.69) is 38.9 Å². The van der Waals surface area contributed by atoms with Crippen LogP contribution in [0, 0.1) is 10.5 Å². The Morgan fingerprint density at radius 3 is 2.61 bits per heavy atom. The summed E-state index contributed by atoms with van der Waals surface area (Å²) in [6, 6.07) is 4.04. The summed E-state index contributed by atoms with van der Waals surface area (Å²) in [6.07, 6.45) is 0. The third kappa shape index (κ3) is 3.45. The Bertz CT molecular complexity index is 423. The standard InChI is InChI=1S/C12H18BIN2O2/c1-9-11(13(17)18)6-10(7-12(9)14)8-16-4-2-15-3-5-16/h6-7,15,17-18H,2-5,8H2,1H3. The Kier molecular flexibility index (Phi) is 5.02. The summed E-state index contributed by atoms with van der Waals surface area (Å²) in [7, 11) is -1.39. The van der Waals surface area contributed by atoms with E-state index in [1.807, 2.05) is 13.0 Å². The molecule has 6 heteroatoms. The van der Waals surface area contributed by atoms with Crippen LogP contribution in [-0.2, 0) is 6.54 Å². The largest absolute Gasteiger partial charge is 0.488 e. The minimum Gasteiger partial charge on any atom is -0.423 e. The Balaban J connectivity index is 2.17. The second-order valence-electron chi connectivity index (χ2n) is 4.69. The van der Waals surface area contributed by atoms with Crippen LogP contribution in [-0.4, -0.2) is 48.2 Å². The quantitative estimate of drug-likeness (QED) is 0.511. The average Bonchev–Trinajstić information content (AvgIpc) is 2.34. The topological polar surface area (TPSA) is 55.7 Å². The first kappa shape index (κ1) is 14.3. The third-order valence-electron chi connectivity index (χ3n) is 3.34. The van der Waals surface area contributed by atoms with Gasteiger partial charge in [-0.15, -0.1) is 0 Å². The maximum absolute atomic E-state index is 9.39. The number of nitrogens with one attached hydrogen (secondary N) is 1. The van der Waals surface area contributed by atoms with Crippen molar-refractivity contribution in [3.05, 3.63) is 26.8 Å². The normalized spacial score (nSPS) is 16.9. The fraction of sp³-hybridized carbons (Fsp3) is 0.500. The molecule has 4 nitrogen and oxygen atoms in total. The molecule has 2 rings (SSSR count). The van der Waals surface area contributed by atoms with Gasteiger partial charge in [-0.1, -0.05) is 6.07 Å². The minimum absolute atomic E-state index is 0.618. The van der Waals surface area contributed by atoms with E-state index >= 15 is 0 Å². The number of halogens is 1. The van der Waals surface area contributed by atoms with Crippen molar-refractivity contribution >= 4 is 35.2 Å². The maximum atomic E-state index is 9.39. The van der Waals surface area contributed by atoms with E-state index in [-0.39, 0.29) is 0 Å². The van der Waals surface area contributed by atoms with Gasteiger partial charge in [0.1, 0.15) is 0 Å². The molecule has 1 aromatic carbocycles. The van der Waals surface area contributed by atoms with Crippen molar-refractivity contribution in [2.75, 3.05) is 26.2 Å². The summed E-state index contributed by atoms with van der Waals surface area (Å²) in [5.41, 5.74) is 2.72. The molecule has 0 radical (unpaired) electrons. The van der Waals surface area contributed by atoms with Crippen molar-refractivity contribution in [2.45, 2.75) is 13.5 Å². The van der Waals surface area contributed by atoms with E-state index in [1.165, 1.54) is 0 Å². The van der Waals surface area contributed by atoms with Gasteiger partial charge in [-0.05, 0) is 52.2 Å². The second kappa shape index (κ2) is 6.34. The molecule has 0 aromatic heterocycles. The molecule has 18 heavy (non-hydrogen) atoms. The lowest BCUT2D eigenvalue weighted by Crippen LogP contribution is -2.43. The molecule has 1 aromatic rings. The minimum atomic E-state index is -1.39. The zero-order valence-corrected chi connectivity index (χ0v) is 12.6. The van der Waals surface area contributed by atoms with Gasteiger partial charge in [0.25, 0.3) is 0 Å². The summed E-state index contributed by atoms with van der Waals surface area (Å²) >= 11 is 2.25. The first-order valence-electron chi connectivity index (χ1n) is 6.16. The lowest BCUT2D eigenvalue weighted by atomic mass is 9.76. The van der Waals surface area contributed by atoms with Crippen molar-refractivity contribution < 1.29 is 10.0 Å². The molecule has 98 valence electrons. The van der Waals surface area contributed by atoms with Crippen LogP contribution in [0.1, 0.15) is 11.1 Å². The van der Waals surface area contributed by atoms with Crippen LogP contribution in [0.2, 0.25) is 0 Å². The predicted molar refractivity (Wildman–Crippen MR) is 81.9 cm³/mol. The van der Waals surface area contributed by atoms with Crippen LogP contribution in [0.4, 0.5) is 0 Å². The Labute approximate surface area is 122 Å². The van der Waals surface area contributed by atoms with Crippen molar-refractivity contribution in [3.63, 3.8) is 0 Å². The maximum Gasteiger partial charge on any atom is 0.488 e. The first-order chi connectivity index (χ1) is 8.58. The molecule has 1 heterocycles. The number of rotatable bonds is 3. The van der Waals surface area contributed by atoms with Crippen LogP contribution < -0.4 is 10.8 Å². The Hall–Kier alpha value is -0.145. The zero-order valence-electron chi connectivity index (χ0n) is 10.5. The van der Waals surface area contributed by atoms with Gasteiger partial charge >= 0.3 is 7.12 Å². The van der Waals surface area contributed by atoms with Gasteiger partial charge in [0.15, 0.2) is 0 Å². The van der Waals surface area contributed by atoms with Crippen LogP contribution in [0.3, 0.4) is 0 Å². The lowest BCUT2D eigenvalue weighted by Gasteiger charge is -2.27. The number of hydrogen-bond acceptors (Lipinski definition) is 4. The van der Waals surface area contributed by atoms with Gasteiger partial charge in [-0.3, -0.25) is 4.90 Å². The van der Waals surface area contributed by atoms with E-state index in [9.17, 15) is 10.0 Å².